The molecule has 1 rings (SSSR count). The minimum absolute atomic E-state index is 0.159. The second kappa shape index (κ2) is 9.00. The molecule has 0 saturated carbocycles. The van der Waals surface area contributed by atoms with E-state index in [-0.39, 0.29) is 11.2 Å². The zero-order valence-electron chi connectivity index (χ0n) is 15.8. The smallest absolute Gasteiger partial charge is 0.191 e. The highest BCUT2D eigenvalue weighted by atomic mass is 32.2. The first-order valence-corrected chi connectivity index (χ1v) is 11.4. The van der Waals surface area contributed by atoms with Crippen molar-refractivity contribution in [2.45, 2.75) is 39.7 Å². The summed E-state index contributed by atoms with van der Waals surface area (Å²) in [6.07, 6.45) is 1.81. The molecule has 0 amide bonds. The number of aliphatic imine (C=N–C) groups is 1. The van der Waals surface area contributed by atoms with Crippen molar-refractivity contribution in [3.8, 4) is 0 Å². The van der Waals surface area contributed by atoms with E-state index < -0.39 is 15.4 Å². The van der Waals surface area contributed by atoms with Gasteiger partial charge in [-0.15, -0.1) is 11.3 Å². The van der Waals surface area contributed by atoms with Gasteiger partial charge in [-0.25, -0.2) is 8.42 Å². The number of thiophene rings is 1. The number of nitrogens with one attached hydrogen (secondary N) is 2. The summed E-state index contributed by atoms with van der Waals surface area (Å²) in [5, 5.41) is 18.9. The van der Waals surface area contributed by atoms with Crippen LogP contribution in [0.1, 0.15) is 39.0 Å². The van der Waals surface area contributed by atoms with E-state index in [2.05, 4.69) is 15.6 Å². The van der Waals surface area contributed by atoms with Crippen LogP contribution >= 0.6 is 11.3 Å². The highest BCUT2D eigenvalue weighted by molar-refractivity contribution is 7.90. The average Bonchev–Trinajstić information content (AvgIpc) is 3.03. The van der Waals surface area contributed by atoms with Gasteiger partial charge in [-0.3, -0.25) is 4.99 Å². The molecule has 1 unspecified atom stereocenters. The third kappa shape index (κ3) is 8.69. The first-order valence-electron chi connectivity index (χ1n) is 8.41. The van der Waals surface area contributed by atoms with Crippen LogP contribution < -0.4 is 10.6 Å². The molecule has 25 heavy (non-hydrogen) atoms. The van der Waals surface area contributed by atoms with Gasteiger partial charge in [0.2, 0.25) is 0 Å². The van der Waals surface area contributed by atoms with Crippen molar-refractivity contribution in [1.29, 1.82) is 0 Å². The fourth-order valence-corrected chi connectivity index (χ4v) is 3.81. The standard InChI is InChI=1S/C17H31N3O3S2/c1-6-18-15(19-12-16(2,3)9-11-25(5,22)23)20-13-17(4,21)14-8-7-10-24-14/h7-8,10,21H,6,9,11-13H2,1-5H3,(H2,18,19,20). The Kier molecular flexibility index (Phi) is 7.89. The van der Waals surface area contributed by atoms with Gasteiger partial charge in [0.1, 0.15) is 15.4 Å². The third-order valence-corrected chi connectivity index (χ3v) is 5.88. The Hall–Kier alpha value is -1.12. The molecule has 0 fully saturated rings. The minimum Gasteiger partial charge on any atom is -0.383 e. The van der Waals surface area contributed by atoms with Gasteiger partial charge in [0.15, 0.2) is 5.96 Å². The molecule has 0 saturated heterocycles. The van der Waals surface area contributed by atoms with E-state index in [9.17, 15) is 13.5 Å². The molecular formula is C17H31N3O3S2. The van der Waals surface area contributed by atoms with Crippen LogP contribution in [-0.4, -0.2) is 51.1 Å². The molecule has 0 aliphatic carbocycles. The molecule has 3 N–H and O–H groups in total. The Labute approximate surface area is 155 Å². The maximum Gasteiger partial charge on any atom is 0.191 e. The fourth-order valence-electron chi connectivity index (χ4n) is 2.10. The first-order chi connectivity index (χ1) is 11.5. The Balaban J connectivity index is 2.67. The average molecular weight is 390 g/mol. The van der Waals surface area contributed by atoms with E-state index in [4.69, 9.17) is 0 Å². The van der Waals surface area contributed by atoms with Gasteiger partial charge in [0.05, 0.1) is 12.3 Å². The number of nitrogens with zero attached hydrogens (tertiary/aromatic N) is 1. The number of guanidine groups is 1. The Bertz CT molecular complexity index is 651. The van der Waals surface area contributed by atoms with Crippen molar-refractivity contribution in [2.75, 3.05) is 31.6 Å². The maximum absolute atomic E-state index is 11.4. The fraction of sp³-hybridized carbons (Fsp3) is 0.706. The van der Waals surface area contributed by atoms with E-state index in [0.717, 1.165) is 4.88 Å². The zero-order valence-corrected chi connectivity index (χ0v) is 17.4. The van der Waals surface area contributed by atoms with Crippen LogP contribution in [0.4, 0.5) is 0 Å². The van der Waals surface area contributed by atoms with Gasteiger partial charge in [-0.1, -0.05) is 19.9 Å². The van der Waals surface area contributed by atoms with Crippen molar-refractivity contribution in [2.24, 2.45) is 10.4 Å². The molecule has 1 aromatic rings. The largest absolute Gasteiger partial charge is 0.383 e. The van der Waals surface area contributed by atoms with Crippen LogP contribution in [0, 0.1) is 5.41 Å². The van der Waals surface area contributed by atoms with Crippen molar-refractivity contribution in [3.05, 3.63) is 22.4 Å². The molecule has 0 aromatic carbocycles. The van der Waals surface area contributed by atoms with Gasteiger partial charge >= 0.3 is 0 Å². The van der Waals surface area contributed by atoms with Crippen LogP contribution in [0.25, 0.3) is 0 Å². The molecule has 1 atom stereocenters. The summed E-state index contributed by atoms with van der Waals surface area (Å²) in [7, 11) is -2.97. The summed E-state index contributed by atoms with van der Waals surface area (Å²) in [5.74, 6) is 0.777. The second-order valence-corrected chi connectivity index (χ2v) is 10.6. The molecule has 0 radical (unpaired) electrons. The Morgan fingerprint density at radius 2 is 2.00 bits per heavy atom. The van der Waals surface area contributed by atoms with Gasteiger partial charge < -0.3 is 15.7 Å². The van der Waals surface area contributed by atoms with E-state index in [1.165, 1.54) is 17.6 Å². The number of hydrogen-bond donors (Lipinski definition) is 3. The number of hydrogen-bond acceptors (Lipinski definition) is 5. The third-order valence-electron chi connectivity index (χ3n) is 3.81. The lowest BCUT2D eigenvalue weighted by atomic mass is 9.90. The Morgan fingerprint density at radius 1 is 1.32 bits per heavy atom. The minimum atomic E-state index is -2.97. The quantitative estimate of drug-likeness (QED) is 0.444. The maximum atomic E-state index is 11.4. The number of sulfone groups is 1. The monoisotopic (exact) mass is 389 g/mol. The number of rotatable bonds is 9. The topological polar surface area (TPSA) is 90.8 Å². The van der Waals surface area contributed by atoms with Gasteiger partial charge in [-0.05, 0) is 37.1 Å². The molecule has 0 bridgehead atoms. The summed E-state index contributed by atoms with van der Waals surface area (Å²) in [4.78, 5) is 5.46. The molecule has 6 nitrogen and oxygen atoms in total. The van der Waals surface area contributed by atoms with E-state index in [0.29, 0.717) is 32.0 Å². The van der Waals surface area contributed by atoms with Gasteiger partial charge in [-0.2, -0.15) is 0 Å². The first kappa shape index (κ1) is 21.9. The second-order valence-electron chi connectivity index (χ2n) is 7.34. The molecule has 0 spiro atoms. The Morgan fingerprint density at radius 3 is 2.52 bits per heavy atom. The number of aliphatic hydroxyl groups is 1. The van der Waals surface area contributed by atoms with Crippen LogP contribution in [-0.2, 0) is 15.4 Å². The van der Waals surface area contributed by atoms with Crippen molar-refractivity contribution < 1.29 is 13.5 Å². The summed E-state index contributed by atoms with van der Waals surface area (Å²) in [6.45, 7) is 9.30. The van der Waals surface area contributed by atoms with Crippen LogP contribution in [0.3, 0.4) is 0 Å². The highest BCUT2D eigenvalue weighted by Gasteiger charge is 2.25. The van der Waals surface area contributed by atoms with Gasteiger partial charge in [0.25, 0.3) is 0 Å². The predicted octanol–water partition coefficient (Wildman–Crippen LogP) is 1.97. The normalized spacial score (nSPS) is 15.7. The van der Waals surface area contributed by atoms with Crippen molar-refractivity contribution >= 4 is 27.1 Å². The molecule has 1 heterocycles. The SMILES string of the molecule is CCNC(=NCC(C)(C)CCS(C)(=O)=O)NCC(C)(O)c1cccs1. The van der Waals surface area contributed by atoms with Crippen molar-refractivity contribution in [1.82, 2.24) is 10.6 Å². The molecule has 1 aromatic heterocycles. The van der Waals surface area contributed by atoms with Crippen LogP contribution in [0.2, 0.25) is 0 Å². The van der Waals surface area contributed by atoms with Gasteiger partial charge in [0, 0.05) is 24.2 Å². The predicted molar refractivity (Wildman–Crippen MR) is 106 cm³/mol. The van der Waals surface area contributed by atoms with E-state index in [1.54, 1.807) is 6.92 Å². The van der Waals surface area contributed by atoms with E-state index >= 15 is 0 Å². The zero-order chi connectivity index (χ0) is 19.1. The summed E-state index contributed by atoms with van der Waals surface area (Å²) < 4.78 is 22.7. The van der Waals surface area contributed by atoms with E-state index in [1.807, 2.05) is 38.3 Å². The summed E-state index contributed by atoms with van der Waals surface area (Å²) in [5.41, 5.74) is -1.20. The lowest BCUT2D eigenvalue weighted by molar-refractivity contribution is 0.0655. The lowest BCUT2D eigenvalue weighted by Gasteiger charge is -2.25. The molecule has 144 valence electrons. The lowest BCUT2D eigenvalue weighted by Crippen LogP contribution is -2.44. The van der Waals surface area contributed by atoms with Crippen molar-refractivity contribution in [3.63, 3.8) is 0 Å². The summed E-state index contributed by atoms with van der Waals surface area (Å²) >= 11 is 1.51. The van der Waals surface area contributed by atoms with Crippen LogP contribution in [0.5, 0.6) is 0 Å². The molecular weight excluding hydrogens is 358 g/mol. The summed E-state index contributed by atoms with van der Waals surface area (Å²) in [6, 6.07) is 3.82. The van der Waals surface area contributed by atoms with Crippen LogP contribution in [0.15, 0.2) is 22.5 Å². The molecule has 8 heteroatoms. The molecule has 0 aliphatic rings. The molecule has 0 aliphatic heterocycles. The highest BCUT2D eigenvalue weighted by Crippen LogP contribution is 2.24.